The van der Waals surface area contributed by atoms with Crippen molar-refractivity contribution in [3.63, 3.8) is 0 Å². The Labute approximate surface area is 206 Å². The quantitative estimate of drug-likeness (QED) is 0.401. The lowest BCUT2D eigenvalue weighted by Crippen LogP contribution is -2.40. The van der Waals surface area contributed by atoms with E-state index in [0.29, 0.717) is 38.6 Å². The molecule has 0 unspecified atom stereocenters. The second-order valence-corrected chi connectivity index (χ2v) is 11.7. The fourth-order valence-corrected chi connectivity index (χ4v) is 5.78. The number of morpholine rings is 1. The zero-order valence-corrected chi connectivity index (χ0v) is 21.2. The van der Waals surface area contributed by atoms with E-state index in [4.69, 9.17) is 9.47 Å². The Bertz CT molecular complexity index is 1180. The summed E-state index contributed by atoms with van der Waals surface area (Å²) in [6.07, 6.45) is 1.65. The molecule has 0 aromatic heterocycles. The normalized spacial score (nSPS) is 15.0. The topological polar surface area (TPSA) is 131 Å². The standard InChI is InChI=1S/C23H31N3O7S2/c1-2-3-12-25-34(28,29)21-10-6-20(7-11-21)33-18-23(27)24-17-19-4-8-22(9-5-19)35(30,31)26-13-15-32-16-14-26/h4-11,25H,2-3,12-18H2,1H3,(H,24,27). The Kier molecular flexibility index (Phi) is 9.63. The molecule has 0 bridgehead atoms. The molecule has 0 radical (unpaired) electrons. The Balaban J connectivity index is 1.46. The fourth-order valence-electron chi connectivity index (χ4n) is 3.30. The molecule has 0 spiro atoms. The second kappa shape index (κ2) is 12.5. The smallest absolute Gasteiger partial charge is 0.258 e. The summed E-state index contributed by atoms with van der Waals surface area (Å²) < 4.78 is 64.3. The van der Waals surface area contributed by atoms with E-state index in [-0.39, 0.29) is 28.8 Å². The third-order valence-corrected chi connectivity index (χ3v) is 8.74. The molecule has 12 heteroatoms. The van der Waals surface area contributed by atoms with Crippen LogP contribution in [0.15, 0.2) is 58.3 Å². The summed E-state index contributed by atoms with van der Waals surface area (Å²) in [5, 5.41) is 2.71. The van der Waals surface area contributed by atoms with Crippen molar-refractivity contribution in [1.29, 1.82) is 0 Å². The zero-order valence-electron chi connectivity index (χ0n) is 19.6. The van der Waals surface area contributed by atoms with Crippen molar-refractivity contribution in [2.24, 2.45) is 0 Å². The molecular formula is C23H31N3O7S2. The van der Waals surface area contributed by atoms with Gasteiger partial charge >= 0.3 is 0 Å². The molecule has 35 heavy (non-hydrogen) atoms. The van der Waals surface area contributed by atoms with Gasteiger partial charge in [-0.1, -0.05) is 25.5 Å². The number of ether oxygens (including phenoxy) is 2. The van der Waals surface area contributed by atoms with Gasteiger partial charge in [0.25, 0.3) is 5.91 Å². The van der Waals surface area contributed by atoms with Crippen molar-refractivity contribution in [3.05, 3.63) is 54.1 Å². The van der Waals surface area contributed by atoms with Crippen molar-refractivity contribution in [1.82, 2.24) is 14.3 Å². The van der Waals surface area contributed by atoms with E-state index < -0.39 is 20.0 Å². The molecule has 1 fully saturated rings. The van der Waals surface area contributed by atoms with Crippen LogP contribution in [0.1, 0.15) is 25.3 Å². The molecule has 0 aliphatic carbocycles. The molecule has 2 aromatic carbocycles. The van der Waals surface area contributed by atoms with Gasteiger partial charge < -0.3 is 14.8 Å². The molecule has 0 saturated carbocycles. The second-order valence-electron chi connectivity index (χ2n) is 7.95. The first-order valence-electron chi connectivity index (χ1n) is 11.4. The summed E-state index contributed by atoms with van der Waals surface area (Å²) in [6.45, 7) is 3.74. The maximum Gasteiger partial charge on any atom is 0.258 e. The van der Waals surface area contributed by atoms with E-state index in [1.807, 2.05) is 6.92 Å². The minimum Gasteiger partial charge on any atom is -0.484 e. The molecule has 1 heterocycles. The third-order valence-electron chi connectivity index (χ3n) is 5.35. The minimum absolute atomic E-state index is 0.129. The largest absolute Gasteiger partial charge is 0.484 e. The Morgan fingerprint density at radius 1 is 0.971 bits per heavy atom. The molecule has 192 valence electrons. The van der Waals surface area contributed by atoms with Crippen LogP contribution in [0.2, 0.25) is 0 Å². The van der Waals surface area contributed by atoms with Crippen LogP contribution in [-0.2, 0) is 36.1 Å². The van der Waals surface area contributed by atoms with E-state index in [0.717, 1.165) is 18.4 Å². The third kappa shape index (κ3) is 7.74. The summed E-state index contributed by atoms with van der Waals surface area (Å²) >= 11 is 0. The maximum absolute atomic E-state index is 12.7. The van der Waals surface area contributed by atoms with Crippen molar-refractivity contribution >= 4 is 26.0 Å². The number of sulfonamides is 2. The number of hydrogen-bond acceptors (Lipinski definition) is 7. The van der Waals surface area contributed by atoms with Gasteiger partial charge in [-0.3, -0.25) is 4.79 Å². The Morgan fingerprint density at radius 2 is 1.60 bits per heavy atom. The first-order valence-corrected chi connectivity index (χ1v) is 14.3. The number of nitrogens with one attached hydrogen (secondary N) is 2. The van der Waals surface area contributed by atoms with Gasteiger partial charge in [-0.2, -0.15) is 4.31 Å². The summed E-state index contributed by atoms with van der Waals surface area (Å²) in [4.78, 5) is 12.5. The van der Waals surface area contributed by atoms with Gasteiger partial charge in [0.15, 0.2) is 6.61 Å². The van der Waals surface area contributed by atoms with Crippen LogP contribution >= 0.6 is 0 Å². The SMILES string of the molecule is CCCCNS(=O)(=O)c1ccc(OCC(=O)NCc2ccc(S(=O)(=O)N3CCOCC3)cc2)cc1. The monoisotopic (exact) mass is 525 g/mol. The van der Waals surface area contributed by atoms with Gasteiger partial charge in [0, 0.05) is 26.2 Å². The average molecular weight is 526 g/mol. The first-order chi connectivity index (χ1) is 16.7. The lowest BCUT2D eigenvalue weighted by Gasteiger charge is -2.26. The van der Waals surface area contributed by atoms with Crippen LogP contribution in [0.25, 0.3) is 0 Å². The average Bonchev–Trinajstić information content (AvgIpc) is 2.87. The molecule has 1 aliphatic heterocycles. The maximum atomic E-state index is 12.7. The predicted molar refractivity (Wildman–Crippen MR) is 130 cm³/mol. The Morgan fingerprint density at radius 3 is 2.23 bits per heavy atom. The summed E-state index contributed by atoms with van der Waals surface area (Å²) in [5.74, 6) is -0.00160. The summed E-state index contributed by atoms with van der Waals surface area (Å²) in [5.41, 5.74) is 0.740. The number of carbonyl (C=O) groups excluding carboxylic acids is 1. The van der Waals surface area contributed by atoms with Crippen molar-refractivity contribution in [3.8, 4) is 5.75 Å². The van der Waals surface area contributed by atoms with Gasteiger partial charge in [-0.05, 0) is 48.4 Å². The summed E-state index contributed by atoms with van der Waals surface area (Å²) in [6, 6.07) is 12.2. The molecule has 3 rings (SSSR count). The number of hydrogen-bond donors (Lipinski definition) is 2. The van der Waals surface area contributed by atoms with Gasteiger partial charge in [0.05, 0.1) is 23.0 Å². The minimum atomic E-state index is -3.57. The highest BCUT2D eigenvalue weighted by molar-refractivity contribution is 7.89. The highest BCUT2D eigenvalue weighted by atomic mass is 32.2. The van der Waals surface area contributed by atoms with Crippen molar-refractivity contribution in [2.75, 3.05) is 39.5 Å². The van der Waals surface area contributed by atoms with Crippen LogP contribution in [0.5, 0.6) is 5.75 Å². The number of nitrogens with zero attached hydrogens (tertiary/aromatic N) is 1. The van der Waals surface area contributed by atoms with E-state index in [1.54, 1.807) is 12.1 Å². The van der Waals surface area contributed by atoms with Gasteiger partial charge in [0.1, 0.15) is 5.75 Å². The lowest BCUT2D eigenvalue weighted by molar-refractivity contribution is -0.123. The van der Waals surface area contributed by atoms with E-state index in [9.17, 15) is 21.6 Å². The molecule has 2 aromatic rings. The molecular weight excluding hydrogens is 494 g/mol. The molecule has 0 atom stereocenters. The van der Waals surface area contributed by atoms with Gasteiger partial charge in [-0.15, -0.1) is 0 Å². The van der Waals surface area contributed by atoms with Crippen LogP contribution < -0.4 is 14.8 Å². The fraction of sp³-hybridized carbons (Fsp3) is 0.435. The van der Waals surface area contributed by atoms with Crippen LogP contribution in [0.4, 0.5) is 0 Å². The molecule has 1 aliphatic rings. The predicted octanol–water partition coefficient (Wildman–Crippen LogP) is 1.48. The van der Waals surface area contributed by atoms with E-state index in [2.05, 4.69) is 10.0 Å². The van der Waals surface area contributed by atoms with Gasteiger partial charge in [0.2, 0.25) is 20.0 Å². The molecule has 1 amide bonds. The molecule has 1 saturated heterocycles. The van der Waals surface area contributed by atoms with E-state index >= 15 is 0 Å². The number of amides is 1. The number of benzene rings is 2. The van der Waals surface area contributed by atoms with Crippen LogP contribution in [0, 0.1) is 0 Å². The lowest BCUT2D eigenvalue weighted by atomic mass is 10.2. The molecule has 2 N–H and O–H groups in total. The first kappa shape index (κ1) is 27.1. The zero-order chi connectivity index (χ0) is 25.3. The summed E-state index contributed by atoms with van der Waals surface area (Å²) in [7, 11) is -7.13. The van der Waals surface area contributed by atoms with Crippen molar-refractivity contribution in [2.45, 2.75) is 36.1 Å². The highest BCUT2D eigenvalue weighted by Gasteiger charge is 2.26. The molecule has 10 nitrogen and oxygen atoms in total. The number of rotatable bonds is 12. The number of unbranched alkanes of at least 4 members (excludes halogenated alkanes) is 1. The number of carbonyl (C=O) groups is 1. The van der Waals surface area contributed by atoms with E-state index in [1.165, 1.54) is 40.7 Å². The highest BCUT2D eigenvalue weighted by Crippen LogP contribution is 2.18. The Hall–Kier alpha value is -2.51. The van der Waals surface area contributed by atoms with Gasteiger partial charge in [-0.25, -0.2) is 21.6 Å². The van der Waals surface area contributed by atoms with Crippen LogP contribution in [0.3, 0.4) is 0 Å². The van der Waals surface area contributed by atoms with Crippen molar-refractivity contribution < 1.29 is 31.1 Å². The van der Waals surface area contributed by atoms with Crippen LogP contribution in [-0.4, -0.2) is 66.5 Å².